The van der Waals surface area contributed by atoms with Crippen LogP contribution in [0.3, 0.4) is 0 Å². The fraction of sp³-hybridized carbons (Fsp3) is 0.800. The van der Waals surface area contributed by atoms with E-state index in [9.17, 15) is 17.3 Å². The normalized spacial score (nSPS) is 14.9. The van der Waals surface area contributed by atoms with E-state index in [0.717, 1.165) is 6.67 Å². The van der Waals surface area contributed by atoms with Gasteiger partial charge in [-0.3, -0.25) is 0 Å². The van der Waals surface area contributed by atoms with Gasteiger partial charge in [0.2, 0.25) is 0 Å². The van der Waals surface area contributed by atoms with Gasteiger partial charge in [0, 0.05) is 25.5 Å². The Balaban J connectivity index is 0.000000437. The summed E-state index contributed by atoms with van der Waals surface area (Å²) in [6, 6.07) is 0. The molecule has 0 spiro atoms. The van der Waals surface area contributed by atoms with Crippen LogP contribution in [-0.2, 0) is 0 Å². The minimum Gasteiger partial charge on any atom is -0.418 e. The van der Waals surface area contributed by atoms with Gasteiger partial charge in [-0.05, 0) is 12.8 Å². The summed E-state index contributed by atoms with van der Waals surface area (Å²) in [4.78, 5) is 4.76. The zero-order valence-corrected chi connectivity index (χ0v) is 10.4. The summed E-state index contributed by atoms with van der Waals surface area (Å²) in [5.41, 5.74) is 0. The lowest BCUT2D eigenvalue weighted by Crippen LogP contribution is -2.26. The van der Waals surface area contributed by atoms with Crippen LogP contribution in [0, 0.1) is 0 Å². The van der Waals surface area contributed by atoms with Crippen LogP contribution in [0.25, 0.3) is 0 Å². The molecule has 0 atom stereocenters. The van der Waals surface area contributed by atoms with E-state index >= 15 is 0 Å². The standard InChI is InChI=1S/C10H20N2.BF4/c1-3-5-7-12-9-8-11(10-12)6-4-2;2-1(3,4)5/h8-9H,3-7,10H2,1-2H3;/q;-1. The van der Waals surface area contributed by atoms with Gasteiger partial charge in [-0.1, -0.05) is 20.3 Å². The largest absolute Gasteiger partial charge is 0.673 e. The Morgan fingerprint density at radius 2 is 1.41 bits per heavy atom. The molecule has 1 aliphatic heterocycles. The van der Waals surface area contributed by atoms with Crippen molar-refractivity contribution < 1.29 is 17.3 Å². The van der Waals surface area contributed by atoms with Gasteiger partial charge in [-0.2, -0.15) is 0 Å². The second-order valence-electron chi connectivity index (χ2n) is 3.91. The average molecular weight is 255 g/mol. The zero-order valence-electron chi connectivity index (χ0n) is 10.4. The first-order chi connectivity index (χ1) is 7.86. The summed E-state index contributed by atoms with van der Waals surface area (Å²) < 4.78 is 39.0. The van der Waals surface area contributed by atoms with Crippen molar-refractivity contribution in [3.8, 4) is 0 Å². The Hall–Kier alpha value is -0.875. The fourth-order valence-electron chi connectivity index (χ4n) is 1.46. The summed E-state index contributed by atoms with van der Waals surface area (Å²) in [5, 5.41) is 0. The highest BCUT2D eigenvalue weighted by atomic mass is 19.5. The van der Waals surface area contributed by atoms with Gasteiger partial charge in [-0.25, -0.2) is 0 Å². The highest BCUT2D eigenvalue weighted by Crippen LogP contribution is 2.08. The van der Waals surface area contributed by atoms with Gasteiger partial charge in [-0.15, -0.1) is 0 Å². The molecule has 1 rings (SSSR count). The molecule has 7 heteroatoms. The van der Waals surface area contributed by atoms with Crippen molar-refractivity contribution in [3.63, 3.8) is 0 Å². The number of rotatable bonds is 5. The fourth-order valence-corrected chi connectivity index (χ4v) is 1.46. The van der Waals surface area contributed by atoms with Crippen molar-refractivity contribution >= 4 is 7.25 Å². The van der Waals surface area contributed by atoms with E-state index in [1.165, 1.54) is 32.4 Å². The maximum atomic E-state index is 9.75. The first kappa shape index (κ1) is 16.1. The van der Waals surface area contributed by atoms with E-state index in [4.69, 9.17) is 0 Å². The Bertz CT molecular complexity index is 215. The second kappa shape index (κ2) is 8.25. The van der Waals surface area contributed by atoms with Crippen molar-refractivity contribution in [1.82, 2.24) is 9.80 Å². The smallest absolute Gasteiger partial charge is 0.418 e. The third kappa shape index (κ3) is 11.4. The highest BCUT2D eigenvalue weighted by molar-refractivity contribution is 6.50. The van der Waals surface area contributed by atoms with Crippen LogP contribution in [0.15, 0.2) is 12.4 Å². The van der Waals surface area contributed by atoms with Crippen LogP contribution >= 0.6 is 0 Å². The molecule has 1 heterocycles. The Morgan fingerprint density at radius 3 is 1.82 bits per heavy atom. The summed E-state index contributed by atoms with van der Waals surface area (Å²) in [6.45, 7) is 7.98. The number of unbranched alkanes of at least 4 members (excludes halogenated alkanes) is 1. The van der Waals surface area contributed by atoms with Gasteiger partial charge in [0.05, 0.1) is 6.67 Å². The Morgan fingerprint density at radius 1 is 0.941 bits per heavy atom. The van der Waals surface area contributed by atoms with Crippen LogP contribution in [0.5, 0.6) is 0 Å². The van der Waals surface area contributed by atoms with Crippen molar-refractivity contribution in [2.45, 2.75) is 33.1 Å². The quantitative estimate of drug-likeness (QED) is 0.547. The molecule has 0 unspecified atom stereocenters. The van der Waals surface area contributed by atoms with Crippen LogP contribution < -0.4 is 0 Å². The van der Waals surface area contributed by atoms with E-state index in [1.807, 2.05) is 0 Å². The molecular weight excluding hydrogens is 235 g/mol. The van der Waals surface area contributed by atoms with Gasteiger partial charge in [0.15, 0.2) is 0 Å². The van der Waals surface area contributed by atoms with E-state index < -0.39 is 7.25 Å². The molecule has 0 aromatic heterocycles. The summed E-state index contributed by atoms with van der Waals surface area (Å²) >= 11 is 0. The predicted octanol–water partition coefficient (Wildman–Crippen LogP) is 3.54. The minimum absolute atomic E-state index is 1.10. The SMILES string of the molecule is CCCCN1C=CN(CCC)C1.F[B-](F)(F)F. The molecule has 17 heavy (non-hydrogen) atoms. The molecule has 0 saturated heterocycles. The van der Waals surface area contributed by atoms with Gasteiger partial charge in [0.1, 0.15) is 0 Å². The van der Waals surface area contributed by atoms with Crippen molar-refractivity contribution in [1.29, 1.82) is 0 Å². The number of hydrogen-bond donors (Lipinski definition) is 0. The van der Waals surface area contributed by atoms with E-state index in [1.54, 1.807) is 0 Å². The molecule has 0 bridgehead atoms. The third-order valence-corrected chi connectivity index (χ3v) is 2.16. The average Bonchev–Trinajstić information content (AvgIpc) is 2.61. The Kier molecular flexibility index (Phi) is 7.83. The molecule has 102 valence electrons. The minimum atomic E-state index is -6.00. The van der Waals surface area contributed by atoms with Gasteiger partial charge >= 0.3 is 7.25 Å². The second-order valence-corrected chi connectivity index (χ2v) is 3.91. The zero-order chi connectivity index (χ0) is 13.3. The van der Waals surface area contributed by atoms with E-state index in [0.29, 0.717) is 0 Å². The molecule has 0 radical (unpaired) electrons. The highest BCUT2D eigenvalue weighted by Gasteiger charge is 2.20. The molecule has 0 aliphatic carbocycles. The number of hydrogen-bond acceptors (Lipinski definition) is 2. The molecule has 0 aromatic carbocycles. The van der Waals surface area contributed by atoms with E-state index in [2.05, 4.69) is 36.0 Å². The third-order valence-electron chi connectivity index (χ3n) is 2.16. The summed E-state index contributed by atoms with van der Waals surface area (Å²) in [6.07, 6.45) is 8.26. The monoisotopic (exact) mass is 255 g/mol. The van der Waals surface area contributed by atoms with Crippen LogP contribution in [-0.4, -0.2) is 36.8 Å². The van der Waals surface area contributed by atoms with Crippen molar-refractivity contribution in [2.75, 3.05) is 19.8 Å². The van der Waals surface area contributed by atoms with Crippen LogP contribution in [0.2, 0.25) is 0 Å². The first-order valence-corrected chi connectivity index (χ1v) is 5.90. The lowest BCUT2D eigenvalue weighted by molar-refractivity contribution is 0.263. The molecule has 0 saturated carbocycles. The van der Waals surface area contributed by atoms with Crippen LogP contribution in [0.4, 0.5) is 17.3 Å². The molecular formula is C10H20BF4N2-. The van der Waals surface area contributed by atoms with Crippen molar-refractivity contribution in [3.05, 3.63) is 12.4 Å². The molecule has 1 aliphatic rings. The number of halogens is 4. The Labute approximate surface area is 100 Å². The number of nitrogens with zero attached hydrogens (tertiary/aromatic N) is 2. The predicted molar refractivity (Wildman–Crippen MR) is 62.8 cm³/mol. The molecule has 2 nitrogen and oxygen atoms in total. The first-order valence-electron chi connectivity index (χ1n) is 5.90. The van der Waals surface area contributed by atoms with Crippen molar-refractivity contribution in [2.24, 2.45) is 0 Å². The van der Waals surface area contributed by atoms with Crippen LogP contribution in [0.1, 0.15) is 33.1 Å². The molecule has 0 fully saturated rings. The lowest BCUT2D eigenvalue weighted by atomic mass is 10.3. The molecule has 0 aromatic rings. The molecule has 0 amide bonds. The summed E-state index contributed by atoms with van der Waals surface area (Å²) in [5.74, 6) is 0. The summed E-state index contributed by atoms with van der Waals surface area (Å²) in [7, 11) is -6.00. The topological polar surface area (TPSA) is 6.48 Å². The maximum Gasteiger partial charge on any atom is 0.673 e. The molecule has 0 N–H and O–H groups in total. The van der Waals surface area contributed by atoms with E-state index in [-0.39, 0.29) is 0 Å². The lowest BCUT2D eigenvalue weighted by Gasteiger charge is -2.20. The maximum absolute atomic E-state index is 9.75. The van der Waals surface area contributed by atoms with Gasteiger partial charge in [0.25, 0.3) is 0 Å². The van der Waals surface area contributed by atoms with Gasteiger partial charge < -0.3 is 27.1 Å².